The highest BCUT2D eigenvalue weighted by Gasteiger charge is 2.32. The maximum Gasteiger partial charge on any atom is 0.573 e. The quantitative estimate of drug-likeness (QED) is 0.780. The molecule has 0 amide bonds. The lowest BCUT2D eigenvalue weighted by molar-refractivity contribution is -0.274. The van der Waals surface area contributed by atoms with Gasteiger partial charge in [0.05, 0.1) is 5.92 Å². The molecule has 0 saturated carbocycles. The largest absolute Gasteiger partial charge is 0.573 e. The summed E-state index contributed by atoms with van der Waals surface area (Å²) in [6.07, 6.45) is -1.47. The highest BCUT2D eigenvalue weighted by atomic mass is 19.4. The average molecular weight is 390 g/mol. The van der Waals surface area contributed by atoms with Gasteiger partial charge in [-0.15, -0.1) is 13.2 Å². The molecule has 0 saturated heterocycles. The molecule has 2 aromatic rings. The lowest BCUT2D eigenvalue weighted by Crippen LogP contribution is -2.32. The number of benzene rings is 2. The summed E-state index contributed by atoms with van der Waals surface area (Å²) in [5.74, 6) is -0.826. The standard InChI is InChI=1S/C21H21F3N2O2/c1-26(2)16-6-3-14(4-7-16)5-10-20(27)19-13-25-12-15-11-17(8-9-18(15)19)28-21(22,23)24/h3-11,19,25H,12-13H2,1-2H3. The lowest BCUT2D eigenvalue weighted by atomic mass is 9.87. The number of hydrogen-bond donors (Lipinski definition) is 1. The number of carbonyl (C=O) groups is 1. The monoisotopic (exact) mass is 390 g/mol. The van der Waals surface area contributed by atoms with E-state index in [4.69, 9.17) is 0 Å². The highest BCUT2D eigenvalue weighted by molar-refractivity contribution is 5.99. The van der Waals surface area contributed by atoms with Crippen molar-refractivity contribution >= 4 is 17.5 Å². The lowest BCUT2D eigenvalue weighted by Gasteiger charge is -2.25. The first-order valence-electron chi connectivity index (χ1n) is 8.81. The van der Waals surface area contributed by atoms with Gasteiger partial charge in [0.15, 0.2) is 5.78 Å². The van der Waals surface area contributed by atoms with Crippen LogP contribution in [0.5, 0.6) is 5.75 Å². The van der Waals surface area contributed by atoms with E-state index in [1.54, 1.807) is 12.1 Å². The van der Waals surface area contributed by atoms with Crippen LogP contribution in [0.4, 0.5) is 18.9 Å². The van der Waals surface area contributed by atoms with Crippen LogP contribution in [-0.2, 0) is 11.3 Å². The fraction of sp³-hybridized carbons (Fsp3) is 0.286. The summed E-state index contributed by atoms with van der Waals surface area (Å²) in [6.45, 7) is 0.832. The van der Waals surface area contributed by atoms with Crippen LogP contribution in [-0.4, -0.2) is 32.8 Å². The number of alkyl halides is 3. The summed E-state index contributed by atoms with van der Waals surface area (Å²) in [7, 11) is 3.90. The normalized spacial score (nSPS) is 16.7. The smallest absolute Gasteiger partial charge is 0.406 e. The topological polar surface area (TPSA) is 41.6 Å². The van der Waals surface area contributed by atoms with Crippen molar-refractivity contribution in [3.63, 3.8) is 0 Å². The van der Waals surface area contributed by atoms with Gasteiger partial charge in [0.25, 0.3) is 0 Å². The van der Waals surface area contributed by atoms with Crippen molar-refractivity contribution in [1.82, 2.24) is 5.32 Å². The van der Waals surface area contributed by atoms with Crippen molar-refractivity contribution in [2.24, 2.45) is 0 Å². The Labute approximate surface area is 161 Å². The molecule has 1 aliphatic rings. The van der Waals surface area contributed by atoms with E-state index in [1.807, 2.05) is 43.3 Å². The molecule has 0 aromatic heterocycles. The molecule has 1 atom stereocenters. The predicted molar refractivity (Wildman–Crippen MR) is 102 cm³/mol. The van der Waals surface area contributed by atoms with Crippen LogP contribution in [0.15, 0.2) is 48.5 Å². The van der Waals surface area contributed by atoms with Crippen LogP contribution in [0.2, 0.25) is 0 Å². The van der Waals surface area contributed by atoms with Crippen LogP contribution in [0, 0.1) is 0 Å². The number of anilines is 1. The van der Waals surface area contributed by atoms with E-state index in [0.717, 1.165) is 16.8 Å². The number of carbonyl (C=O) groups excluding carboxylic acids is 1. The summed E-state index contributed by atoms with van der Waals surface area (Å²) in [5.41, 5.74) is 3.32. The molecule has 1 unspecified atom stereocenters. The fourth-order valence-electron chi connectivity index (χ4n) is 3.17. The summed E-state index contributed by atoms with van der Waals surface area (Å²) in [4.78, 5) is 14.7. The maximum absolute atomic E-state index is 12.7. The fourth-order valence-corrected chi connectivity index (χ4v) is 3.17. The van der Waals surface area contributed by atoms with Crippen LogP contribution < -0.4 is 15.0 Å². The Bertz CT molecular complexity index is 874. The van der Waals surface area contributed by atoms with E-state index in [2.05, 4.69) is 10.1 Å². The zero-order valence-electron chi connectivity index (χ0n) is 15.6. The Hall–Kier alpha value is -2.80. The van der Waals surface area contributed by atoms with Crippen LogP contribution >= 0.6 is 0 Å². The number of nitrogens with one attached hydrogen (secondary N) is 1. The Morgan fingerprint density at radius 3 is 2.54 bits per heavy atom. The molecule has 0 radical (unpaired) electrons. The molecule has 1 N–H and O–H groups in total. The zero-order chi connectivity index (χ0) is 20.3. The van der Waals surface area contributed by atoms with Gasteiger partial charge >= 0.3 is 6.36 Å². The van der Waals surface area contributed by atoms with Crippen LogP contribution in [0.1, 0.15) is 22.6 Å². The molecular formula is C21H21F3N2O2. The molecule has 0 fully saturated rings. The first-order valence-corrected chi connectivity index (χ1v) is 8.81. The Balaban J connectivity index is 1.75. The molecular weight excluding hydrogens is 369 g/mol. The van der Waals surface area contributed by atoms with Gasteiger partial charge < -0.3 is 15.0 Å². The highest BCUT2D eigenvalue weighted by Crippen LogP contribution is 2.31. The molecule has 0 spiro atoms. The van der Waals surface area contributed by atoms with Gasteiger partial charge in [-0.25, -0.2) is 0 Å². The molecule has 0 aliphatic carbocycles. The first-order chi connectivity index (χ1) is 13.2. The minimum absolute atomic E-state index is 0.102. The Morgan fingerprint density at radius 2 is 1.89 bits per heavy atom. The first kappa shape index (κ1) is 19.9. The number of hydrogen-bond acceptors (Lipinski definition) is 4. The van der Waals surface area contributed by atoms with Gasteiger partial charge in [-0.3, -0.25) is 4.79 Å². The number of fused-ring (bicyclic) bond motifs is 1. The number of ketones is 1. The number of ether oxygens (including phenoxy) is 1. The third kappa shape index (κ3) is 4.92. The van der Waals surface area contributed by atoms with E-state index in [-0.39, 0.29) is 11.5 Å². The third-order valence-corrected chi connectivity index (χ3v) is 4.58. The number of halogens is 3. The van der Waals surface area contributed by atoms with E-state index < -0.39 is 12.3 Å². The van der Waals surface area contributed by atoms with E-state index in [0.29, 0.717) is 18.7 Å². The van der Waals surface area contributed by atoms with Gasteiger partial charge in [0, 0.05) is 32.9 Å². The summed E-state index contributed by atoms with van der Waals surface area (Å²) in [5, 5.41) is 3.08. The van der Waals surface area contributed by atoms with E-state index in [1.165, 1.54) is 18.2 Å². The Morgan fingerprint density at radius 1 is 1.18 bits per heavy atom. The minimum Gasteiger partial charge on any atom is -0.406 e. The molecule has 0 bridgehead atoms. The van der Waals surface area contributed by atoms with Crippen molar-refractivity contribution in [3.05, 3.63) is 65.2 Å². The second kappa shape index (κ2) is 8.06. The molecule has 3 rings (SSSR count). The van der Waals surface area contributed by atoms with Crippen LogP contribution in [0.3, 0.4) is 0 Å². The zero-order valence-corrected chi connectivity index (χ0v) is 15.6. The molecule has 28 heavy (non-hydrogen) atoms. The summed E-state index contributed by atoms with van der Waals surface area (Å²) < 4.78 is 41.2. The second-order valence-corrected chi connectivity index (χ2v) is 6.81. The van der Waals surface area contributed by atoms with Crippen molar-refractivity contribution < 1.29 is 22.7 Å². The van der Waals surface area contributed by atoms with Gasteiger partial charge in [-0.05, 0) is 47.0 Å². The van der Waals surface area contributed by atoms with Crippen LogP contribution in [0.25, 0.3) is 6.08 Å². The molecule has 2 aromatic carbocycles. The molecule has 148 valence electrons. The van der Waals surface area contributed by atoms with Gasteiger partial charge in [0.1, 0.15) is 5.75 Å². The SMILES string of the molecule is CN(C)c1ccc(C=CC(=O)C2CNCc3cc(OC(F)(F)F)ccc32)cc1. The second-order valence-electron chi connectivity index (χ2n) is 6.81. The van der Waals surface area contributed by atoms with Crippen molar-refractivity contribution in [1.29, 1.82) is 0 Å². The molecule has 4 nitrogen and oxygen atoms in total. The maximum atomic E-state index is 12.7. The van der Waals surface area contributed by atoms with Gasteiger partial charge in [-0.2, -0.15) is 0 Å². The van der Waals surface area contributed by atoms with Gasteiger partial charge in [0.2, 0.25) is 0 Å². The molecule has 1 aliphatic heterocycles. The van der Waals surface area contributed by atoms with Crippen molar-refractivity contribution in [3.8, 4) is 5.75 Å². The number of rotatable bonds is 5. The third-order valence-electron chi connectivity index (χ3n) is 4.58. The predicted octanol–water partition coefficient (Wildman–Crippen LogP) is 4.12. The Kier molecular flexibility index (Phi) is 5.74. The van der Waals surface area contributed by atoms with Crippen molar-refractivity contribution in [2.45, 2.75) is 18.8 Å². The number of nitrogens with zero attached hydrogens (tertiary/aromatic N) is 1. The summed E-state index contributed by atoms with van der Waals surface area (Å²) >= 11 is 0. The average Bonchev–Trinajstić information content (AvgIpc) is 2.64. The molecule has 7 heteroatoms. The van der Waals surface area contributed by atoms with Crippen molar-refractivity contribution in [2.75, 3.05) is 25.5 Å². The summed E-state index contributed by atoms with van der Waals surface area (Å²) in [6, 6.07) is 11.9. The van der Waals surface area contributed by atoms with Gasteiger partial charge in [-0.1, -0.05) is 24.3 Å². The minimum atomic E-state index is -4.74. The van der Waals surface area contributed by atoms with E-state index in [9.17, 15) is 18.0 Å². The van der Waals surface area contributed by atoms with E-state index >= 15 is 0 Å². The molecule has 1 heterocycles. The number of allylic oxidation sites excluding steroid dienone is 1.